The van der Waals surface area contributed by atoms with Crippen molar-refractivity contribution in [3.05, 3.63) is 89.0 Å². The molecule has 3 heterocycles. The van der Waals surface area contributed by atoms with E-state index in [0.29, 0.717) is 17.5 Å². The van der Waals surface area contributed by atoms with Gasteiger partial charge in [-0.05, 0) is 109 Å². The van der Waals surface area contributed by atoms with E-state index in [4.69, 9.17) is 0 Å². The van der Waals surface area contributed by atoms with Crippen molar-refractivity contribution in [2.45, 2.75) is 69.2 Å². The van der Waals surface area contributed by atoms with E-state index < -0.39 is 21.9 Å². The molecule has 42 heavy (non-hydrogen) atoms. The molecule has 3 aliphatic rings. The minimum absolute atomic E-state index is 0.00237. The van der Waals surface area contributed by atoms with Gasteiger partial charge in [-0.2, -0.15) is 0 Å². The van der Waals surface area contributed by atoms with Crippen LogP contribution < -0.4 is 9.62 Å². The van der Waals surface area contributed by atoms with Gasteiger partial charge in [-0.1, -0.05) is 19.9 Å². The highest BCUT2D eigenvalue weighted by atomic mass is 32.2. The zero-order chi connectivity index (χ0) is 29.7. The molecule has 7 nitrogen and oxygen atoms in total. The van der Waals surface area contributed by atoms with Crippen LogP contribution in [0.4, 0.5) is 10.1 Å². The van der Waals surface area contributed by atoms with Crippen LogP contribution in [0.1, 0.15) is 79.0 Å². The molecule has 2 aliphatic heterocycles. The normalized spacial score (nSPS) is 21.4. The number of amides is 1. The molecule has 1 atom stereocenters. The number of nitrogens with zero attached hydrogens (tertiary/aromatic N) is 3. The maximum Gasteiger partial charge on any atom is 0.253 e. The summed E-state index contributed by atoms with van der Waals surface area (Å²) < 4.78 is 43.2. The molecule has 2 fully saturated rings. The molecule has 222 valence electrons. The van der Waals surface area contributed by atoms with E-state index in [1.165, 1.54) is 17.8 Å². The third-order valence-electron chi connectivity index (χ3n) is 9.80. The Labute approximate surface area is 248 Å². The molecule has 0 radical (unpaired) electrons. The van der Waals surface area contributed by atoms with Gasteiger partial charge in [-0.15, -0.1) is 0 Å². The van der Waals surface area contributed by atoms with E-state index in [9.17, 15) is 17.6 Å². The zero-order valence-electron chi connectivity index (χ0n) is 24.6. The molecular weight excluding hydrogens is 551 g/mol. The maximum absolute atomic E-state index is 13.7. The highest BCUT2D eigenvalue weighted by Crippen LogP contribution is 2.46. The minimum atomic E-state index is -3.89. The summed E-state index contributed by atoms with van der Waals surface area (Å²) in [5.41, 5.74) is 4.08. The molecule has 3 aromatic rings. The summed E-state index contributed by atoms with van der Waals surface area (Å²) in [6.45, 7) is 9.28. The van der Waals surface area contributed by atoms with Crippen LogP contribution in [0.2, 0.25) is 0 Å². The van der Waals surface area contributed by atoms with E-state index in [2.05, 4.69) is 40.6 Å². The molecule has 1 aliphatic carbocycles. The number of fused-ring (bicyclic) bond motifs is 1. The first-order chi connectivity index (χ1) is 20.0. The largest absolute Gasteiger partial charge is 0.371 e. The van der Waals surface area contributed by atoms with Gasteiger partial charge in [0.15, 0.2) is 0 Å². The van der Waals surface area contributed by atoms with Crippen molar-refractivity contribution in [2.24, 2.45) is 5.41 Å². The third kappa shape index (κ3) is 5.44. The molecule has 1 unspecified atom stereocenters. The Hall–Kier alpha value is -3.30. The van der Waals surface area contributed by atoms with E-state index >= 15 is 0 Å². The highest BCUT2D eigenvalue weighted by Gasteiger charge is 2.41. The average Bonchev–Trinajstić information content (AvgIpc) is 3.21. The number of benzene rings is 2. The molecular formula is C33H39FN4O3S. The van der Waals surface area contributed by atoms with Gasteiger partial charge in [0, 0.05) is 55.9 Å². The van der Waals surface area contributed by atoms with Gasteiger partial charge in [-0.25, -0.2) is 17.5 Å². The number of carbonyl (C=O) groups excluding carboxylic acids is 1. The van der Waals surface area contributed by atoms with E-state index in [0.717, 1.165) is 69.1 Å². The molecule has 2 saturated heterocycles. The summed E-state index contributed by atoms with van der Waals surface area (Å²) in [6, 6.07) is 13.1. The van der Waals surface area contributed by atoms with Gasteiger partial charge in [-0.3, -0.25) is 9.78 Å². The van der Waals surface area contributed by atoms with Crippen molar-refractivity contribution in [3.63, 3.8) is 0 Å². The fourth-order valence-corrected chi connectivity index (χ4v) is 8.70. The van der Waals surface area contributed by atoms with Crippen LogP contribution in [-0.2, 0) is 15.4 Å². The van der Waals surface area contributed by atoms with E-state index in [-0.39, 0.29) is 21.6 Å². The van der Waals surface area contributed by atoms with Gasteiger partial charge in [0.2, 0.25) is 10.0 Å². The lowest BCUT2D eigenvalue weighted by molar-refractivity contribution is 0.0515. The number of sulfonamides is 1. The molecule has 6 rings (SSSR count). The van der Waals surface area contributed by atoms with E-state index in [1.807, 2.05) is 35.5 Å². The summed E-state index contributed by atoms with van der Waals surface area (Å²) in [5.74, 6) is -0.469. The smallest absolute Gasteiger partial charge is 0.253 e. The molecule has 1 spiro atoms. The van der Waals surface area contributed by atoms with Crippen LogP contribution in [0.25, 0.3) is 0 Å². The Balaban J connectivity index is 1.15. The Bertz CT molecular complexity index is 1590. The molecule has 9 heteroatoms. The van der Waals surface area contributed by atoms with Crippen molar-refractivity contribution in [1.29, 1.82) is 0 Å². The van der Waals surface area contributed by atoms with Gasteiger partial charge in [0.25, 0.3) is 5.91 Å². The van der Waals surface area contributed by atoms with Crippen LogP contribution in [0.3, 0.4) is 0 Å². The van der Waals surface area contributed by atoms with Crippen LogP contribution >= 0.6 is 0 Å². The van der Waals surface area contributed by atoms with Gasteiger partial charge in [0.05, 0.1) is 4.90 Å². The van der Waals surface area contributed by atoms with Gasteiger partial charge >= 0.3 is 0 Å². The Kier molecular flexibility index (Phi) is 7.38. The number of halogens is 1. The van der Waals surface area contributed by atoms with Crippen molar-refractivity contribution >= 4 is 21.6 Å². The monoisotopic (exact) mass is 590 g/mol. The topological polar surface area (TPSA) is 82.6 Å². The lowest BCUT2D eigenvalue weighted by Gasteiger charge is -2.47. The number of nitrogens with one attached hydrogen (secondary N) is 1. The molecule has 0 saturated carbocycles. The Morgan fingerprint density at radius 2 is 1.62 bits per heavy atom. The second-order valence-corrected chi connectivity index (χ2v) is 14.6. The number of carbonyl (C=O) groups is 1. The summed E-state index contributed by atoms with van der Waals surface area (Å²) in [7, 11) is -3.89. The molecule has 2 aromatic carbocycles. The number of pyridine rings is 1. The number of piperidine rings is 2. The SMILES string of the molecule is Cc1cc(F)ccc1S(=O)(=O)NC1CC(C)(C)c2ccc(C(=O)N3CCC4(CC3)CCN(c3ccncc3)CC4)cc21. The molecule has 1 N–H and O–H groups in total. The van der Waals surface area contributed by atoms with Crippen molar-refractivity contribution in [2.75, 3.05) is 31.1 Å². The first-order valence-corrected chi connectivity index (χ1v) is 16.3. The second kappa shape index (κ2) is 10.8. The first-order valence-electron chi connectivity index (χ1n) is 14.8. The van der Waals surface area contributed by atoms with Crippen molar-refractivity contribution < 1.29 is 17.6 Å². The standard InChI is InChI=1S/C33H39FN4O3S/c1-23-20-25(34)5-7-30(23)42(40,41)36-29-22-32(2,3)28-6-4-24(21-27(28)29)31(39)38-18-12-33(13-19-38)10-16-37(17-11-33)26-8-14-35-15-9-26/h4-9,14-15,20-21,29,36H,10-13,16-19,22H2,1-3H3. The third-order valence-corrected chi connectivity index (χ3v) is 11.4. The van der Waals surface area contributed by atoms with Crippen LogP contribution in [-0.4, -0.2) is 50.4 Å². The molecule has 1 aromatic heterocycles. The highest BCUT2D eigenvalue weighted by molar-refractivity contribution is 7.89. The number of rotatable bonds is 5. The number of hydrogen-bond donors (Lipinski definition) is 1. The summed E-state index contributed by atoms with van der Waals surface area (Å²) in [5, 5.41) is 0. The zero-order valence-corrected chi connectivity index (χ0v) is 25.4. The lowest BCUT2D eigenvalue weighted by atomic mass is 9.71. The quantitative estimate of drug-likeness (QED) is 0.409. The summed E-state index contributed by atoms with van der Waals surface area (Å²) in [4.78, 5) is 22.3. The lowest BCUT2D eigenvalue weighted by Crippen LogP contribution is -2.48. The van der Waals surface area contributed by atoms with Crippen LogP contribution in [0.5, 0.6) is 0 Å². The fourth-order valence-electron chi connectivity index (χ4n) is 7.26. The predicted octanol–water partition coefficient (Wildman–Crippen LogP) is 5.75. The minimum Gasteiger partial charge on any atom is -0.371 e. The average molecular weight is 591 g/mol. The van der Waals surface area contributed by atoms with Gasteiger partial charge < -0.3 is 9.80 Å². The van der Waals surface area contributed by atoms with Crippen LogP contribution in [0, 0.1) is 18.2 Å². The Morgan fingerprint density at radius 1 is 0.952 bits per heavy atom. The maximum atomic E-state index is 13.7. The van der Waals surface area contributed by atoms with Gasteiger partial charge in [0.1, 0.15) is 5.82 Å². The van der Waals surface area contributed by atoms with Crippen LogP contribution in [0.15, 0.2) is 65.8 Å². The molecule has 1 amide bonds. The number of hydrogen-bond acceptors (Lipinski definition) is 5. The summed E-state index contributed by atoms with van der Waals surface area (Å²) >= 11 is 0. The fraction of sp³-hybridized carbons (Fsp3) is 0.455. The first kappa shape index (κ1) is 28.8. The van der Waals surface area contributed by atoms with Crippen molar-refractivity contribution in [1.82, 2.24) is 14.6 Å². The Morgan fingerprint density at radius 3 is 2.29 bits per heavy atom. The second-order valence-electron chi connectivity index (χ2n) is 13.0. The van der Waals surface area contributed by atoms with E-state index in [1.54, 1.807) is 6.92 Å². The summed E-state index contributed by atoms with van der Waals surface area (Å²) in [6.07, 6.45) is 8.50. The number of aromatic nitrogens is 1. The predicted molar refractivity (Wildman–Crippen MR) is 162 cm³/mol. The number of aryl methyl sites for hydroxylation is 1. The number of likely N-dealkylation sites (tertiary alicyclic amines) is 1. The van der Waals surface area contributed by atoms with Crippen molar-refractivity contribution in [3.8, 4) is 0 Å². The number of anilines is 1. The molecule has 0 bridgehead atoms.